The summed E-state index contributed by atoms with van der Waals surface area (Å²) in [5.74, 6) is 0. The molecule has 0 bridgehead atoms. The first-order valence-electron chi connectivity index (χ1n) is 5.91. The van der Waals surface area contributed by atoms with Crippen molar-refractivity contribution in [2.75, 3.05) is 19.6 Å². The van der Waals surface area contributed by atoms with Crippen LogP contribution in [0, 0.1) is 0 Å². The monoisotopic (exact) mass is 245 g/mol. The molecule has 1 rings (SSSR count). The van der Waals surface area contributed by atoms with Gasteiger partial charge in [0.05, 0.1) is 5.60 Å². The van der Waals surface area contributed by atoms with Gasteiger partial charge in [0.25, 0.3) is 0 Å². The van der Waals surface area contributed by atoms with E-state index in [1.807, 2.05) is 20.8 Å². The molecule has 1 heterocycles. The van der Waals surface area contributed by atoms with Gasteiger partial charge < -0.3 is 15.6 Å². The molecule has 4 N–H and O–H groups in total. The number of carbonyl (C=O) groups is 1. The molecule has 0 spiro atoms. The summed E-state index contributed by atoms with van der Waals surface area (Å²) >= 11 is 0. The Hall–Kier alpha value is -0.850. The summed E-state index contributed by atoms with van der Waals surface area (Å²) in [6.07, 6.45) is 0.647. The van der Waals surface area contributed by atoms with E-state index in [1.165, 1.54) is 0 Å². The van der Waals surface area contributed by atoms with Gasteiger partial charge in [0.1, 0.15) is 5.60 Å². The van der Waals surface area contributed by atoms with Gasteiger partial charge in [-0.05, 0) is 33.6 Å². The lowest BCUT2D eigenvalue weighted by molar-refractivity contribution is -0.0321. The Morgan fingerprint density at radius 2 is 2.00 bits per heavy atom. The Bertz CT molecular complexity index is 268. The number of nitrogens with zero attached hydrogens (tertiary/aromatic N) is 1. The Balaban J connectivity index is 2.34. The fourth-order valence-corrected chi connectivity index (χ4v) is 1.67. The largest absolute Gasteiger partial charge is 0.443 e. The van der Waals surface area contributed by atoms with Gasteiger partial charge in [0.2, 0.25) is 0 Å². The molecule has 1 saturated heterocycles. The van der Waals surface area contributed by atoms with Crippen molar-refractivity contribution in [2.45, 2.75) is 44.8 Å². The molecule has 0 aromatic rings. The molecule has 1 aliphatic rings. The zero-order valence-electron chi connectivity index (χ0n) is 10.8. The van der Waals surface area contributed by atoms with Gasteiger partial charge in [-0.1, -0.05) is 0 Å². The summed E-state index contributed by atoms with van der Waals surface area (Å²) in [7, 11) is 0. The van der Waals surface area contributed by atoms with Crippen LogP contribution in [0.2, 0.25) is 0 Å². The molecule has 0 saturated carbocycles. The molecule has 0 aromatic carbocycles. The van der Waals surface area contributed by atoms with Gasteiger partial charge in [-0.3, -0.25) is 5.43 Å². The van der Waals surface area contributed by atoms with Crippen molar-refractivity contribution in [3.63, 3.8) is 0 Å². The highest BCUT2D eigenvalue weighted by Crippen LogP contribution is 2.19. The average Bonchev–Trinajstić information content (AvgIpc) is 2.19. The minimum absolute atomic E-state index is 0.257. The number of hydrogen-bond donors (Lipinski definition) is 3. The van der Waals surface area contributed by atoms with E-state index in [4.69, 9.17) is 10.5 Å². The van der Waals surface area contributed by atoms with Crippen molar-refractivity contribution in [3.05, 3.63) is 0 Å². The maximum Gasteiger partial charge on any atom is 0.422 e. The number of nitrogens with two attached hydrogens (primary N) is 1. The maximum atomic E-state index is 11.5. The van der Waals surface area contributed by atoms with E-state index in [9.17, 15) is 9.90 Å². The van der Waals surface area contributed by atoms with Crippen LogP contribution in [-0.4, -0.2) is 47.0 Å². The van der Waals surface area contributed by atoms with Crippen molar-refractivity contribution in [1.29, 1.82) is 0 Å². The summed E-state index contributed by atoms with van der Waals surface area (Å²) in [6.45, 7) is 6.86. The molecule has 100 valence electrons. The predicted octanol–water partition coefficient (Wildman–Crippen LogP) is 0.212. The van der Waals surface area contributed by atoms with E-state index in [-0.39, 0.29) is 6.54 Å². The van der Waals surface area contributed by atoms with Crippen LogP contribution in [-0.2, 0) is 4.74 Å². The maximum absolute atomic E-state index is 11.5. The molecule has 0 aliphatic carbocycles. The minimum atomic E-state index is -0.786. The van der Waals surface area contributed by atoms with Crippen molar-refractivity contribution in [1.82, 2.24) is 10.4 Å². The molecule has 6 nitrogen and oxygen atoms in total. The quantitative estimate of drug-likeness (QED) is 0.647. The summed E-state index contributed by atoms with van der Waals surface area (Å²) in [5.41, 5.74) is 6.86. The van der Waals surface area contributed by atoms with Crippen LogP contribution in [0.25, 0.3) is 0 Å². The Morgan fingerprint density at radius 3 is 2.41 bits per heavy atom. The van der Waals surface area contributed by atoms with Gasteiger partial charge in [-0.15, -0.1) is 0 Å². The van der Waals surface area contributed by atoms with Crippen LogP contribution in [0.5, 0.6) is 0 Å². The second-order valence-electron chi connectivity index (χ2n) is 5.53. The SMILES string of the molecule is CC(C)(C)OC(=O)NN1CCC(O)(CN)CC1. The summed E-state index contributed by atoms with van der Waals surface area (Å²) in [6, 6.07) is 0. The van der Waals surface area contributed by atoms with Crippen LogP contribution >= 0.6 is 0 Å². The number of carbonyl (C=O) groups excluding carboxylic acids is 1. The topological polar surface area (TPSA) is 87.8 Å². The van der Waals surface area contributed by atoms with Crippen LogP contribution < -0.4 is 11.2 Å². The van der Waals surface area contributed by atoms with Gasteiger partial charge in [-0.2, -0.15) is 0 Å². The highest BCUT2D eigenvalue weighted by atomic mass is 16.6. The second-order valence-corrected chi connectivity index (χ2v) is 5.53. The third-order valence-electron chi connectivity index (χ3n) is 2.72. The number of amides is 1. The molecule has 17 heavy (non-hydrogen) atoms. The van der Waals surface area contributed by atoms with Crippen molar-refractivity contribution >= 4 is 6.09 Å². The molecule has 0 atom stereocenters. The third-order valence-corrected chi connectivity index (χ3v) is 2.72. The third kappa shape index (κ3) is 4.89. The zero-order valence-corrected chi connectivity index (χ0v) is 10.8. The predicted molar refractivity (Wildman–Crippen MR) is 64.2 cm³/mol. The van der Waals surface area contributed by atoms with Gasteiger partial charge in [-0.25, -0.2) is 9.80 Å². The normalized spacial score (nSPS) is 21.0. The lowest BCUT2D eigenvalue weighted by Gasteiger charge is -2.37. The molecule has 0 aromatic heterocycles. The fraction of sp³-hybridized carbons (Fsp3) is 0.909. The summed E-state index contributed by atoms with van der Waals surface area (Å²) < 4.78 is 5.14. The number of hydrazine groups is 1. The molecule has 1 fully saturated rings. The highest BCUT2D eigenvalue weighted by Gasteiger charge is 2.31. The average molecular weight is 245 g/mol. The Morgan fingerprint density at radius 1 is 1.47 bits per heavy atom. The summed E-state index contributed by atoms with van der Waals surface area (Å²) in [5, 5.41) is 11.7. The Labute approximate surface area is 102 Å². The van der Waals surface area contributed by atoms with E-state index < -0.39 is 17.3 Å². The fourth-order valence-electron chi connectivity index (χ4n) is 1.67. The first-order valence-corrected chi connectivity index (χ1v) is 5.91. The lowest BCUT2D eigenvalue weighted by atomic mass is 9.92. The van der Waals surface area contributed by atoms with Crippen molar-refractivity contribution in [2.24, 2.45) is 5.73 Å². The molecular formula is C11H23N3O3. The second kappa shape index (κ2) is 5.20. The number of aliphatic hydroxyl groups is 1. The number of ether oxygens (including phenoxy) is 1. The van der Waals surface area contributed by atoms with E-state index in [2.05, 4.69) is 5.43 Å². The highest BCUT2D eigenvalue weighted by molar-refractivity contribution is 5.67. The molecule has 0 radical (unpaired) electrons. The number of nitrogens with one attached hydrogen (secondary N) is 1. The first kappa shape index (κ1) is 14.2. The van der Waals surface area contributed by atoms with Crippen molar-refractivity contribution in [3.8, 4) is 0 Å². The molecule has 1 aliphatic heterocycles. The van der Waals surface area contributed by atoms with Crippen LogP contribution in [0.4, 0.5) is 4.79 Å². The number of piperidine rings is 1. The number of rotatable bonds is 2. The Kier molecular flexibility index (Phi) is 4.35. The summed E-state index contributed by atoms with van der Waals surface area (Å²) in [4.78, 5) is 11.5. The van der Waals surface area contributed by atoms with E-state index >= 15 is 0 Å². The number of hydrogen-bond acceptors (Lipinski definition) is 5. The van der Waals surface area contributed by atoms with Crippen LogP contribution in [0.15, 0.2) is 0 Å². The molecule has 6 heteroatoms. The van der Waals surface area contributed by atoms with Gasteiger partial charge in [0, 0.05) is 19.6 Å². The van der Waals surface area contributed by atoms with E-state index in [1.54, 1.807) is 5.01 Å². The molecule has 0 unspecified atom stereocenters. The van der Waals surface area contributed by atoms with E-state index in [0.29, 0.717) is 25.9 Å². The van der Waals surface area contributed by atoms with Crippen LogP contribution in [0.1, 0.15) is 33.6 Å². The smallest absolute Gasteiger partial charge is 0.422 e. The van der Waals surface area contributed by atoms with E-state index in [0.717, 1.165) is 0 Å². The lowest BCUT2D eigenvalue weighted by Crippen LogP contribution is -2.54. The molecule has 1 amide bonds. The van der Waals surface area contributed by atoms with Gasteiger partial charge >= 0.3 is 6.09 Å². The first-order chi connectivity index (χ1) is 7.74. The van der Waals surface area contributed by atoms with Crippen LogP contribution in [0.3, 0.4) is 0 Å². The molecular weight excluding hydrogens is 222 g/mol. The standard InChI is InChI=1S/C11H23N3O3/c1-10(2,3)17-9(15)13-14-6-4-11(16,8-12)5-7-14/h16H,4-8,12H2,1-3H3,(H,13,15). The van der Waals surface area contributed by atoms with Crippen molar-refractivity contribution < 1.29 is 14.6 Å². The minimum Gasteiger partial charge on any atom is -0.443 e. The van der Waals surface area contributed by atoms with Gasteiger partial charge in [0.15, 0.2) is 0 Å². The zero-order chi connectivity index (χ0) is 13.1.